The van der Waals surface area contributed by atoms with Crippen LogP contribution in [0.4, 0.5) is 20.7 Å². The van der Waals surface area contributed by atoms with Crippen molar-refractivity contribution in [3.8, 4) is 11.1 Å². The van der Waals surface area contributed by atoms with Gasteiger partial charge in [0.1, 0.15) is 17.7 Å². The number of rotatable bonds is 3. The predicted molar refractivity (Wildman–Crippen MR) is 97.7 cm³/mol. The molecule has 140 valence electrons. The SMILES string of the molecule is O=C(Nc1cc(-c2ccc(F)cc2)cnc1[N+](=O)[O-])N1CC2CCCC2C1. The van der Waals surface area contributed by atoms with Crippen LogP contribution in [0.3, 0.4) is 0 Å². The zero-order chi connectivity index (χ0) is 19.0. The van der Waals surface area contributed by atoms with Gasteiger partial charge >= 0.3 is 11.8 Å². The number of benzene rings is 1. The molecule has 1 aromatic heterocycles. The summed E-state index contributed by atoms with van der Waals surface area (Å²) in [6.45, 7) is 1.38. The Labute approximate surface area is 155 Å². The maximum atomic E-state index is 13.1. The summed E-state index contributed by atoms with van der Waals surface area (Å²) in [4.78, 5) is 28.9. The molecular formula is C19H19FN4O3. The molecule has 1 aliphatic heterocycles. The topological polar surface area (TPSA) is 88.4 Å². The van der Waals surface area contributed by atoms with Crippen molar-refractivity contribution in [1.82, 2.24) is 9.88 Å². The maximum absolute atomic E-state index is 13.1. The van der Waals surface area contributed by atoms with Crippen LogP contribution in [0.2, 0.25) is 0 Å². The van der Waals surface area contributed by atoms with Crippen LogP contribution in [0.1, 0.15) is 19.3 Å². The first-order valence-corrected chi connectivity index (χ1v) is 8.97. The van der Waals surface area contributed by atoms with Crippen molar-refractivity contribution in [3.05, 3.63) is 52.5 Å². The Kier molecular flexibility index (Phi) is 4.47. The fourth-order valence-corrected chi connectivity index (χ4v) is 4.09. The van der Waals surface area contributed by atoms with Crippen molar-refractivity contribution in [3.63, 3.8) is 0 Å². The average Bonchev–Trinajstić information content (AvgIpc) is 3.24. The van der Waals surface area contributed by atoms with E-state index in [1.807, 2.05) is 0 Å². The number of urea groups is 1. The third-order valence-corrected chi connectivity index (χ3v) is 5.47. The number of hydrogen-bond acceptors (Lipinski definition) is 4. The monoisotopic (exact) mass is 370 g/mol. The Morgan fingerprint density at radius 3 is 2.48 bits per heavy atom. The first-order chi connectivity index (χ1) is 13.0. The van der Waals surface area contributed by atoms with E-state index in [1.165, 1.54) is 30.8 Å². The van der Waals surface area contributed by atoms with Crippen molar-refractivity contribution in [2.45, 2.75) is 19.3 Å². The molecule has 0 spiro atoms. The number of nitrogens with one attached hydrogen (secondary N) is 1. The van der Waals surface area contributed by atoms with Crippen LogP contribution < -0.4 is 5.32 Å². The molecule has 2 heterocycles. The summed E-state index contributed by atoms with van der Waals surface area (Å²) >= 11 is 0. The summed E-state index contributed by atoms with van der Waals surface area (Å²) in [5, 5.41) is 14.0. The van der Waals surface area contributed by atoms with Gasteiger partial charge in [0.15, 0.2) is 0 Å². The molecule has 0 bridgehead atoms. The first-order valence-electron chi connectivity index (χ1n) is 8.97. The van der Waals surface area contributed by atoms with Crippen molar-refractivity contribution < 1.29 is 14.1 Å². The van der Waals surface area contributed by atoms with E-state index in [4.69, 9.17) is 0 Å². The second kappa shape index (κ2) is 6.94. The number of halogens is 1. The largest absolute Gasteiger partial charge is 0.387 e. The Bertz CT molecular complexity index is 875. The third kappa shape index (κ3) is 3.47. The van der Waals surface area contributed by atoms with Crippen LogP contribution in [-0.2, 0) is 0 Å². The number of fused-ring (bicyclic) bond motifs is 1. The van der Waals surface area contributed by atoms with E-state index in [-0.39, 0.29) is 17.5 Å². The molecule has 1 aliphatic carbocycles. The van der Waals surface area contributed by atoms with Gasteiger partial charge in [-0.25, -0.2) is 9.18 Å². The third-order valence-electron chi connectivity index (χ3n) is 5.47. The maximum Gasteiger partial charge on any atom is 0.387 e. The fraction of sp³-hybridized carbons (Fsp3) is 0.368. The van der Waals surface area contributed by atoms with E-state index < -0.39 is 10.7 Å². The van der Waals surface area contributed by atoms with Gasteiger partial charge < -0.3 is 20.3 Å². The number of anilines is 1. The molecule has 1 aromatic carbocycles. The summed E-state index contributed by atoms with van der Waals surface area (Å²) in [5.74, 6) is 0.291. The highest BCUT2D eigenvalue weighted by Crippen LogP contribution is 2.38. The molecule has 8 heteroatoms. The molecule has 1 N–H and O–H groups in total. The number of nitro groups is 1. The fourth-order valence-electron chi connectivity index (χ4n) is 4.09. The van der Waals surface area contributed by atoms with Crippen LogP contribution in [0.15, 0.2) is 36.5 Å². The zero-order valence-electron chi connectivity index (χ0n) is 14.6. The van der Waals surface area contributed by atoms with E-state index in [0.717, 1.165) is 12.8 Å². The minimum Gasteiger partial charge on any atom is -0.358 e. The highest BCUT2D eigenvalue weighted by molar-refractivity contribution is 5.92. The van der Waals surface area contributed by atoms with Gasteiger partial charge in [0.2, 0.25) is 0 Å². The van der Waals surface area contributed by atoms with E-state index in [9.17, 15) is 19.3 Å². The Morgan fingerprint density at radius 2 is 1.85 bits per heavy atom. The van der Waals surface area contributed by atoms with Gasteiger partial charge in [0.05, 0.1) is 0 Å². The van der Waals surface area contributed by atoms with Crippen LogP contribution in [0.25, 0.3) is 11.1 Å². The predicted octanol–water partition coefficient (Wildman–Crippen LogP) is 4.06. The summed E-state index contributed by atoms with van der Waals surface area (Å²) in [7, 11) is 0. The van der Waals surface area contributed by atoms with E-state index in [2.05, 4.69) is 10.3 Å². The second-order valence-electron chi connectivity index (χ2n) is 7.15. The van der Waals surface area contributed by atoms with Crippen molar-refractivity contribution >= 4 is 17.5 Å². The van der Waals surface area contributed by atoms with Crippen molar-refractivity contribution in [2.75, 3.05) is 18.4 Å². The Balaban J connectivity index is 1.58. The molecule has 2 fully saturated rings. The molecular weight excluding hydrogens is 351 g/mol. The average molecular weight is 370 g/mol. The van der Waals surface area contributed by atoms with Crippen molar-refractivity contribution in [2.24, 2.45) is 11.8 Å². The van der Waals surface area contributed by atoms with Gasteiger partial charge in [-0.2, -0.15) is 0 Å². The van der Waals surface area contributed by atoms with Gasteiger partial charge in [-0.05, 0) is 58.3 Å². The molecule has 7 nitrogen and oxygen atoms in total. The molecule has 1 saturated carbocycles. The lowest BCUT2D eigenvalue weighted by Gasteiger charge is -2.18. The standard InChI is InChI=1S/C19H19FN4O3/c20-16-6-4-12(5-7-16)15-8-17(18(21-9-15)24(26)27)22-19(25)23-10-13-2-1-3-14(13)11-23/h4-9,13-14H,1-3,10-11H2,(H,22,25). The molecule has 2 amide bonds. The summed E-state index contributed by atoms with van der Waals surface area (Å²) < 4.78 is 13.1. The van der Waals surface area contributed by atoms with Gasteiger partial charge in [-0.15, -0.1) is 0 Å². The highest BCUT2D eigenvalue weighted by atomic mass is 19.1. The van der Waals surface area contributed by atoms with Crippen molar-refractivity contribution in [1.29, 1.82) is 0 Å². The summed E-state index contributed by atoms with van der Waals surface area (Å²) in [6, 6.07) is 6.89. The molecule has 2 unspecified atom stereocenters. The lowest BCUT2D eigenvalue weighted by Crippen LogP contribution is -2.33. The highest BCUT2D eigenvalue weighted by Gasteiger charge is 2.38. The molecule has 1 saturated heterocycles. The number of nitrogens with zero attached hydrogens (tertiary/aromatic N) is 3. The number of pyridine rings is 1. The molecule has 2 aliphatic rings. The van der Waals surface area contributed by atoms with E-state index >= 15 is 0 Å². The summed E-state index contributed by atoms with van der Waals surface area (Å²) in [6.07, 6.45) is 4.83. The Hall–Kier alpha value is -3.03. The van der Waals surface area contributed by atoms with Gasteiger partial charge in [0, 0.05) is 18.7 Å². The number of hydrogen-bond donors (Lipinski definition) is 1. The van der Waals surface area contributed by atoms with Crippen LogP contribution in [0.5, 0.6) is 0 Å². The number of carbonyl (C=O) groups is 1. The molecule has 2 aromatic rings. The van der Waals surface area contributed by atoms with Crippen LogP contribution in [0, 0.1) is 27.8 Å². The number of amides is 2. The van der Waals surface area contributed by atoms with Crippen LogP contribution >= 0.6 is 0 Å². The molecule has 0 radical (unpaired) electrons. The summed E-state index contributed by atoms with van der Waals surface area (Å²) in [5.41, 5.74) is 1.27. The Morgan fingerprint density at radius 1 is 1.19 bits per heavy atom. The molecule has 27 heavy (non-hydrogen) atoms. The first kappa shape index (κ1) is 17.4. The smallest absolute Gasteiger partial charge is 0.358 e. The quantitative estimate of drug-likeness (QED) is 0.652. The minimum atomic E-state index is -0.622. The van der Waals surface area contributed by atoms with Gasteiger partial charge in [-0.3, -0.25) is 0 Å². The van der Waals surface area contributed by atoms with E-state index in [1.54, 1.807) is 17.0 Å². The number of carbonyl (C=O) groups excluding carboxylic acids is 1. The zero-order valence-corrected chi connectivity index (χ0v) is 14.6. The molecule has 2 atom stereocenters. The second-order valence-corrected chi connectivity index (χ2v) is 7.15. The van der Waals surface area contributed by atoms with Crippen LogP contribution in [-0.4, -0.2) is 33.9 Å². The normalized spacial score (nSPS) is 21.1. The van der Waals surface area contributed by atoms with E-state index in [0.29, 0.717) is 36.1 Å². The number of aromatic nitrogens is 1. The molecule has 4 rings (SSSR count). The number of likely N-dealkylation sites (tertiary alicyclic amines) is 1. The van der Waals surface area contributed by atoms with Gasteiger partial charge in [-0.1, -0.05) is 18.6 Å². The lowest BCUT2D eigenvalue weighted by molar-refractivity contribution is -0.388. The minimum absolute atomic E-state index is 0.0453. The van der Waals surface area contributed by atoms with Gasteiger partial charge in [0.25, 0.3) is 0 Å². The lowest BCUT2D eigenvalue weighted by atomic mass is 10.0.